The molecule has 3 aromatic rings. The van der Waals surface area contributed by atoms with Crippen LogP contribution < -0.4 is 15.8 Å². The molecular weight excluding hydrogens is 328 g/mol. The van der Waals surface area contributed by atoms with Gasteiger partial charge in [-0.25, -0.2) is 9.97 Å². The van der Waals surface area contributed by atoms with Crippen LogP contribution >= 0.6 is 0 Å². The molecule has 0 saturated carbocycles. The van der Waals surface area contributed by atoms with Crippen LogP contribution in [0.2, 0.25) is 0 Å². The molecule has 0 aliphatic rings. The second kappa shape index (κ2) is 7.00. The number of nitrogens with two attached hydrogens (primary N) is 1. The first-order valence-electron chi connectivity index (χ1n) is 8.36. The average molecular weight is 350 g/mol. The highest BCUT2D eigenvalue weighted by Crippen LogP contribution is 2.32. The van der Waals surface area contributed by atoms with Crippen molar-refractivity contribution in [3.8, 4) is 16.9 Å². The van der Waals surface area contributed by atoms with Crippen LogP contribution in [0.15, 0.2) is 48.8 Å². The molecule has 1 aromatic heterocycles. The lowest BCUT2D eigenvalue weighted by molar-refractivity contribution is -0.124. The van der Waals surface area contributed by atoms with Gasteiger partial charge < -0.3 is 15.8 Å². The summed E-state index contributed by atoms with van der Waals surface area (Å²) < 4.78 is 5.73. The maximum absolute atomic E-state index is 12.0. The highest BCUT2D eigenvalue weighted by Gasteiger charge is 2.15. The van der Waals surface area contributed by atoms with Crippen molar-refractivity contribution in [1.82, 2.24) is 15.3 Å². The molecule has 0 aliphatic heterocycles. The minimum absolute atomic E-state index is 0.0483. The maximum atomic E-state index is 12.0. The van der Waals surface area contributed by atoms with E-state index in [1.165, 1.54) is 0 Å². The van der Waals surface area contributed by atoms with Crippen molar-refractivity contribution in [2.75, 3.05) is 12.3 Å². The van der Waals surface area contributed by atoms with Gasteiger partial charge in [0.05, 0.1) is 0 Å². The number of rotatable bonds is 4. The molecule has 1 heterocycles. The first-order chi connectivity index (χ1) is 12.3. The molecule has 3 N–H and O–H groups in total. The Morgan fingerprint density at radius 1 is 1.15 bits per heavy atom. The van der Waals surface area contributed by atoms with E-state index in [2.05, 4.69) is 15.3 Å². The van der Waals surface area contributed by atoms with E-state index in [0.717, 1.165) is 21.9 Å². The predicted octanol–water partition coefficient (Wildman–Crippen LogP) is 3.17. The van der Waals surface area contributed by atoms with Gasteiger partial charge in [-0.3, -0.25) is 4.79 Å². The van der Waals surface area contributed by atoms with E-state index in [0.29, 0.717) is 5.75 Å². The van der Waals surface area contributed by atoms with Gasteiger partial charge >= 0.3 is 0 Å². The zero-order chi connectivity index (χ0) is 18.7. The molecule has 0 bridgehead atoms. The van der Waals surface area contributed by atoms with Crippen LogP contribution in [-0.2, 0) is 4.79 Å². The normalized spacial score (nSPS) is 11.3. The SMILES string of the molecule is CC(C)(C)NC(=O)COc1cc(-c2cnc(N)nc2)c2ccccc2c1. The Balaban J connectivity index is 1.92. The number of carbonyl (C=O) groups is 1. The fourth-order valence-electron chi connectivity index (χ4n) is 2.69. The number of carbonyl (C=O) groups excluding carboxylic acids is 1. The maximum Gasteiger partial charge on any atom is 0.258 e. The number of ether oxygens (including phenoxy) is 1. The lowest BCUT2D eigenvalue weighted by Crippen LogP contribution is -2.43. The van der Waals surface area contributed by atoms with Gasteiger partial charge in [0.2, 0.25) is 5.95 Å². The van der Waals surface area contributed by atoms with Crippen molar-refractivity contribution in [2.24, 2.45) is 0 Å². The van der Waals surface area contributed by atoms with Gasteiger partial charge in [-0.2, -0.15) is 0 Å². The molecule has 134 valence electrons. The first-order valence-corrected chi connectivity index (χ1v) is 8.36. The summed E-state index contributed by atoms with van der Waals surface area (Å²) in [5.74, 6) is 0.673. The Labute approximate surface area is 152 Å². The molecule has 26 heavy (non-hydrogen) atoms. The van der Waals surface area contributed by atoms with Crippen molar-refractivity contribution in [2.45, 2.75) is 26.3 Å². The standard InChI is InChI=1S/C20H22N4O2/c1-20(2,3)24-18(25)12-26-15-8-13-6-4-5-7-16(13)17(9-15)14-10-22-19(21)23-11-14/h4-11H,12H2,1-3H3,(H,24,25)(H2,21,22,23). The van der Waals surface area contributed by atoms with Gasteiger partial charge in [0.15, 0.2) is 6.61 Å². The van der Waals surface area contributed by atoms with Gasteiger partial charge in [0.1, 0.15) is 5.75 Å². The van der Waals surface area contributed by atoms with E-state index in [4.69, 9.17) is 10.5 Å². The van der Waals surface area contributed by atoms with Crippen molar-refractivity contribution in [3.63, 3.8) is 0 Å². The summed E-state index contributed by atoms with van der Waals surface area (Å²) in [6, 6.07) is 11.8. The number of amides is 1. The number of hydrogen-bond acceptors (Lipinski definition) is 5. The number of benzene rings is 2. The molecule has 3 rings (SSSR count). The second-order valence-corrected chi connectivity index (χ2v) is 7.11. The average Bonchev–Trinajstić information content (AvgIpc) is 2.58. The summed E-state index contributed by atoms with van der Waals surface area (Å²) in [5, 5.41) is 4.94. The van der Waals surface area contributed by atoms with Crippen molar-refractivity contribution in [3.05, 3.63) is 48.8 Å². The van der Waals surface area contributed by atoms with E-state index in [1.54, 1.807) is 12.4 Å². The molecule has 0 aliphatic carbocycles. The summed E-state index contributed by atoms with van der Waals surface area (Å²) in [5.41, 5.74) is 7.05. The van der Waals surface area contributed by atoms with Crippen LogP contribution in [0, 0.1) is 0 Å². The highest BCUT2D eigenvalue weighted by atomic mass is 16.5. The predicted molar refractivity (Wildman–Crippen MR) is 103 cm³/mol. The summed E-state index contributed by atoms with van der Waals surface area (Å²) in [6.07, 6.45) is 3.36. The lowest BCUT2D eigenvalue weighted by atomic mass is 10.00. The molecule has 0 atom stereocenters. The van der Waals surface area contributed by atoms with Gasteiger partial charge in [-0.05, 0) is 49.2 Å². The number of aromatic nitrogens is 2. The number of nitrogen functional groups attached to an aromatic ring is 1. The summed E-state index contributed by atoms with van der Waals surface area (Å²) >= 11 is 0. The number of nitrogens with zero attached hydrogens (tertiary/aromatic N) is 2. The van der Waals surface area contributed by atoms with Crippen molar-refractivity contribution < 1.29 is 9.53 Å². The van der Waals surface area contributed by atoms with E-state index in [-0.39, 0.29) is 24.0 Å². The van der Waals surface area contributed by atoms with Crippen LogP contribution in [0.25, 0.3) is 21.9 Å². The fraction of sp³-hybridized carbons (Fsp3) is 0.250. The first kappa shape index (κ1) is 17.7. The van der Waals surface area contributed by atoms with Crippen LogP contribution in [0.1, 0.15) is 20.8 Å². The molecule has 0 unspecified atom stereocenters. The lowest BCUT2D eigenvalue weighted by Gasteiger charge is -2.20. The van der Waals surface area contributed by atoms with E-state index in [9.17, 15) is 4.79 Å². The molecule has 2 aromatic carbocycles. The van der Waals surface area contributed by atoms with Gasteiger partial charge in [0.25, 0.3) is 5.91 Å². The number of nitrogens with one attached hydrogen (secondary N) is 1. The van der Waals surface area contributed by atoms with Gasteiger partial charge in [0, 0.05) is 23.5 Å². The third kappa shape index (κ3) is 4.27. The molecule has 0 spiro atoms. The summed E-state index contributed by atoms with van der Waals surface area (Å²) in [4.78, 5) is 20.2. The number of fused-ring (bicyclic) bond motifs is 1. The Hall–Kier alpha value is -3.15. The number of anilines is 1. The molecule has 6 heteroatoms. The molecular formula is C20H22N4O2. The van der Waals surface area contributed by atoms with Crippen molar-refractivity contribution in [1.29, 1.82) is 0 Å². The Kier molecular flexibility index (Phi) is 4.75. The highest BCUT2D eigenvalue weighted by molar-refractivity contribution is 5.97. The Morgan fingerprint density at radius 2 is 1.85 bits per heavy atom. The quantitative estimate of drug-likeness (QED) is 0.754. The van der Waals surface area contributed by atoms with E-state index >= 15 is 0 Å². The summed E-state index contributed by atoms with van der Waals surface area (Å²) in [7, 11) is 0. The van der Waals surface area contributed by atoms with E-state index < -0.39 is 0 Å². The monoisotopic (exact) mass is 350 g/mol. The second-order valence-electron chi connectivity index (χ2n) is 7.11. The fourth-order valence-corrected chi connectivity index (χ4v) is 2.69. The molecule has 0 saturated heterocycles. The van der Waals surface area contributed by atoms with Crippen LogP contribution in [0.3, 0.4) is 0 Å². The minimum Gasteiger partial charge on any atom is -0.484 e. The summed E-state index contributed by atoms with van der Waals surface area (Å²) in [6.45, 7) is 5.74. The third-order valence-corrected chi connectivity index (χ3v) is 3.70. The third-order valence-electron chi connectivity index (χ3n) is 3.70. The van der Waals surface area contributed by atoms with Crippen LogP contribution in [-0.4, -0.2) is 28.0 Å². The zero-order valence-electron chi connectivity index (χ0n) is 15.1. The van der Waals surface area contributed by atoms with Crippen LogP contribution in [0.5, 0.6) is 5.75 Å². The van der Waals surface area contributed by atoms with Gasteiger partial charge in [-0.1, -0.05) is 24.3 Å². The Morgan fingerprint density at radius 3 is 2.54 bits per heavy atom. The number of hydrogen-bond donors (Lipinski definition) is 2. The van der Waals surface area contributed by atoms with Crippen molar-refractivity contribution >= 4 is 22.6 Å². The molecule has 1 amide bonds. The molecule has 6 nitrogen and oxygen atoms in total. The topological polar surface area (TPSA) is 90.1 Å². The molecule has 0 fully saturated rings. The smallest absolute Gasteiger partial charge is 0.258 e. The molecule has 0 radical (unpaired) electrons. The zero-order valence-corrected chi connectivity index (χ0v) is 15.1. The van der Waals surface area contributed by atoms with Gasteiger partial charge in [-0.15, -0.1) is 0 Å². The van der Waals surface area contributed by atoms with E-state index in [1.807, 2.05) is 57.2 Å². The Bertz CT molecular complexity index is 931. The van der Waals surface area contributed by atoms with Crippen LogP contribution in [0.4, 0.5) is 5.95 Å². The minimum atomic E-state index is -0.295. The largest absolute Gasteiger partial charge is 0.484 e.